The lowest BCUT2D eigenvalue weighted by Gasteiger charge is -2.16. The molecule has 0 amide bonds. The Morgan fingerprint density at radius 2 is 1.67 bits per heavy atom. The molecule has 0 aromatic heterocycles. The van der Waals surface area contributed by atoms with Gasteiger partial charge in [0.2, 0.25) is 0 Å². The van der Waals surface area contributed by atoms with Crippen LogP contribution in [0.1, 0.15) is 30.9 Å². The Bertz CT molecular complexity index is 681. The molecule has 2 heterocycles. The summed E-state index contributed by atoms with van der Waals surface area (Å²) in [5.41, 5.74) is 1.04. The van der Waals surface area contributed by atoms with Crippen molar-refractivity contribution in [2.75, 3.05) is 19.6 Å². The van der Waals surface area contributed by atoms with E-state index in [0.717, 1.165) is 31.6 Å². The van der Waals surface area contributed by atoms with Crippen molar-refractivity contribution < 1.29 is 29.3 Å². The van der Waals surface area contributed by atoms with Crippen molar-refractivity contribution in [3.63, 3.8) is 0 Å². The first-order valence-electron chi connectivity index (χ1n) is 8.67. The smallest absolute Gasteiger partial charge is 0.328 e. The maximum atomic E-state index is 11.9. The van der Waals surface area contributed by atoms with Gasteiger partial charge in [-0.2, -0.15) is 0 Å². The van der Waals surface area contributed by atoms with E-state index in [1.807, 2.05) is 24.3 Å². The van der Waals surface area contributed by atoms with Crippen LogP contribution in [-0.2, 0) is 19.1 Å². The van der Waals surface area contributed by atoms with E-state index in [4.69, 9.17) is 26.6 Å². The third kappa shape index (κ3) is 7.03. The number of carboxylic acids is 2. The highest BCUT2D eigenvalue weighted by Gasteiger charge is 2.36. The van der Waals surface area contributed by atoms with Gasteiger partial charge in [-0.3, -0.25) is 4.79 Å². The average molecular weight is 396 g/mol. The van der Waals surface area contributed by atoms with Crippen LogP contribution in [-0.4, -0.2) is 52.7 Å². The summed E-state index contributed by atoms with van der Waals surface area (Å²) in [5, 5.41) is 16.3. The second-order valence-corrected chi connectivity index (χ2v) is 6.86. The number of nitrogens with zero attached hydrogens (tertiary/aromatic N) is 1. The number of halogens is 1. The second-order valence-electron chi connectivity index (χ2n) is 6.43. The van der Waals surface area contributed by atoms with Crippen LogP contribution in [0.3, 0.4) is 0 Å². The minimum atomic E-state index is -1.26. The molecule has 2 saturated heterocycles. The van der Waals surface area contributed by atoms with Gasteiger partial charge >= 0.3 is 17.9 Å². The molecule has 2 atom stereocenters. The minimum Gasteiger partial charge on any atom is -0.478 e. The number of hydrogen-bond donors (Lipinski definition) is 2. The van der Waals surface area contributed by atoms with E-state index in [-0.39, 0.29) is 18.0 Å². The molecule has 1 aromatic carbocycles. The lowest BCUT2D eigenvalue weighted by Crippen LogP contribution is -2.28. The third-order valence-electron chi connectivity index (χ3n) is 4.38. The van der Waals surface area contributed by atoms with Gasteiger partial charge in [-0.05, 0) is 43.6 Å². The summed E-state index contributed by atoms with van der Waals surface area (Å²) < 4.78 is 5.50. The number of cyclic esters (lactones) is 1. The number of ether oxygens (including phenoxy) is 1. The predicted octanol–water partition coefficient (Wildman–Crippen LogP) is 2.75. The molecule has 2 N–H and O–H groups in total. The molecule has 27 heavy (non-hydrogen) atoms. The van der Waals surface area contributed by atoms with E-state index in [2.05, 4.69) is 4.90 Å². The number of rotatable bonds is 5. The summed E-state index contributed by atoms with van der Waals surface area (Å²) in [5.74, 6) is -2.54. The number of likely N-dealkylation sites (tertiary alicyclic amines) is 1. The van der Waals surface area contributed by atoms with Gasteiger partial charge in [-0.25, -0.2) is 9.59 Å². The summed E-state index contributed by atoms with van der Waals surface area (Å²) in [6.07, 6.45) is 4.31. The predicted molar refractivity (Wildman–Crippen MR) is 98.5 cm³/mol. The Kier molecular flexibility index (Phi) is 7.82. The summed E-state index contributed by atoms with van der Waals surface area (Å²) in [4.78, 5) is 33.4. The Morgan fingerprint density at radius 1 is 1.11 bits per heavy atom. The first kappa shape index (κ1) is 20.9. The lowest BCUT2D eigenvalue weighted by atomic mass is 10.00. The summed E-state index contributed by atoms with van der Waals surface area (Å²) in [6.45, 7) is 3.09. The van der Waals surface area contributed by atoms with E-state index in [1.54, 1.807) is 0 Å². The number of esters is 1. The fourth-order valence-electron chi connectivity index (χ4n) is 3.09. The first-order valence-corrected chi connectivity index (χ1v) is 9.05. The lowest BCUT2D eigenvalue weighted by molar-refractivity contribution is -0.145. The zero-order valence-corrected chi connectivity index (χ0v) is 15.5. The second kappa shape index (κ2) is 10.1. The third-order valence-corrected chi connectivity index (χ3v) is 4.63. The van der Waals surface area contributed by atoms with Crippen LogP contribution in [0.4, 0.5) is 0 Å². The number of aliphatic carboxylic acids is 2. The number of carbonyl (C=O) groups is 3. The average Bonchev–Trinajstić information content (AvgIpc) is 3.25. The quantitative estimate of drug-likeness (QED) is 0.583. The van der Waals surface area contributed by atoms with Crippen LogP contribution in [0.2, 0.25) is 5.02 Å². The molecule has 1 aromatic rings. The molecule has 0 aliphatic carbocycles. The molecule has 0 saturated carbocycles. The SMILES string of the molecule is O=C(O)/C=C/C(=O)O.O=C1OC(c2ccc(Cl)cc2)CC1CN1CCCC1. The van der Waals surface area contributed by atoms with Gasteiger partial charge in [-0.1, -0.05) is 23.7 Å². The van der Waals surface area contributed by atoms with Gasteiger partial charge in [0, 0.05) is 30.1 Å². The van der Waals surface area contributed by atoms with Crippen molar-refractivity contribution in [3.05, 3.63) is 47.0 Å². The van der Waals surface area contributed by atoms with Crippen LogP contribution in [0.15, 0.2) is 36.4 Å². The monoisotopic (exact) mass is 395 g/mol. The molecular formula is C19H22ClNO6. The van der Waals surface area contributed by atoms with E-state index in [1.165, 1.54) is 12.8 Å². The molecule has 0 radical (unpaired) electrons. The summed E-state index contributed by atoms with van der Waals surface area (Å²) in [7, 11) is 0. The minimum absolute atomic E-state index is 0.0266. The molecule has 0 bridgehead atoms. The summed E-state index contributed by atoms with van der Waals surface area (Å²) >= 11 is 5.87. The highest BCUT2D eigenvalue weighted by Crippen LogP contribution is 2.34. The molecule has 0 spiro atoms. The molecule has 2 aliphatic rings. The van der Waals surface area contributed by atoms with Gasteiger partial charge in [-0.15, -0.1) is 0 Å². The maximum absolute atomic E-state index is 11.9. The molecule has 2 fully saturated rings. The highest BCUT2D eigenvalue weighted by molar-refractivity contribution is 6.30. The largest absolute Gasteiger partial charge is 0.478 e. The normalized spacial score (nSPS) is 22.3. The molecular weight excluding hydrogens is 374 g/mol. The van der Waals surface area contributed by atoms with Crippen LogP contribution < -0.4 is 0 Å². The molecule has 146 valence electrons. The Balaban J connectivity index is 0.000000279. The van der Waals surface area contributed by atoms with Gasteiger partial charge in [0.15, 0.2) is 0 Å². The Morgan fingerprint density at radius 3 is 2.19 bits per heavy atom. The van der Waals surface area contributed by atoms with E-state index < -0.39 is 11.9 Å². The van der Waals surface area contributed by atoms with Crippen molar-refractivity contribution in [2.45, 2.75) is 25.4 Å². The van der Waals surface area contributed by atoms with Gasteiger partial charge in [0.05, 0.1) is 5.92 Å². The molecule has 8 heteroatoms. The topological polar surface area (TPSA) is 104 Å². The van der Waals surface area contributed by atoms with Crippen molar-refractivity contribution >= 4 is 29.5 Å². The van der Waals surface area contributed by atoms with Crippen molar-refractivity contribution in [1.29, 1.82) is 0 Å². The van der Waals surface area contributed by atoms with Gasteiger partial charge in [0.1, 0.15) is 6.10 Å². The number of carboxylic acid groups (broad SMARTS) is 2. The Hall–Kier alpha value is -2.38. The van der Waals surface area contributed by atoms with Gasteiger partial charge in [0.25, 0.3) is 0 Å². The maximum Gasteiger partial charge on any atom is 0.328 e. The highest BCUT2D eigenvalue weighted by atomic mass is 35.5. The van der Waals surface area contributed by atoms with E-state index in [0.29, 0.717) is 17.2 Å². The van der Waals surface area contributed by atoms with E-state index >= 15 is 0 Å². The zero-order chi connectivity index (χ0) is 19.8. The zero-order valence-electron chi connectivity index (χ0n) is 14.7. The van der Waals surface area contributed by atoms with Crippen molar-refractivity contribution in [2.24, 2.45) is 5.92 Å². The van der Waals surface area contributed by atoms with Crippen LogP contribution >= 0.6 is 11.6 Å². The standard InChI is InChI=1S/C15H18ClNO2.C4H4O4/c16-13-5-3-11(4-6-13)14-9-12(15(18)19-14)10-17-7-1-2-8-17;5-3(6)1-2-4(7)8/h3-6,12,14H,1-2,7-10H2;1-2H,(H,5,6)(H,7,8)/b;2-1+. The molecule has 2 aliphatic heterocycles. The fraction of sp³-hybridized carbons (Fsp3) is 0.421. The number of benzene rings is 1. The summed E-state index contributed by atoms with van der Waals surface area (Å²) in [6, 6.07) is 7.58. The van der Waals surface area contributed by atoms with Crippen molar-refractivity contribution in [3.8, 4) is 0 Å². The van der Waals surface area contributed by atoms with Crippen molar-refractivity contribution in [1.82, 2.24) is 4.90 Å². The number of carbonyl (C=O) groups excluding carboxylic acids is 1. The first-order chi connectivity index (χ1) is 12.8. The number of hydrogen-bond acceptors (Lipinski definition) is 5. The molecule has 7 nitrogen and oxygen atoms in total. The van der Waals surface area contributed by atoms with Crippen LogP contribution in [0, 0.1) is 5.92 Å². The Labute approximate surface area is 162 Å². The van der Waals surface area contributed by atoms with Gasteiger partial charge < -0.3 is 19.8 Å². The van der Waals surface area contributed by atoms with E-state index in [9.17, 15) is 14.4 Å². The molecule has 3 rings (SSSR count). The van der Waals surface area contributed by atoms with Crippen LogP contribution in [0.25, 0.3) is 0 Å². The fourth-order valence-corrected chi connectivity index (χ4v) is 3.22. The molecule has 2 unspecified atom stereocenters. The van der Waals surface area contributed by atoms with Crippen LogP contribution in [0.5, 0.6) is 0 Å².